The summed E-state index contributed by atoms with van der Waals surface area (Å²) < 4.78 is 17.7. The third-order valence-corrected chi connectivity index (χ3v) is 9.42. The molecule has 2 atom stereocenters. The quantitative estimate of drug-likeness (QED) is 0.259. The minimum absolute atomic E-state index is 0.157. The van der Waals surface area contributed by atoms with Crippen LogP contribution < -0.4 is 19.1 Å². The maximum Gasteiger partial charge on any atom is 0.162 e. The van der Waals surface area contributed by atoms with Crippen molar-refractivity contribution >= 4 is 5.69 Å². The van der Waals surface area contributed by atoms with Crippen molar-refractivity contribution in [3.63, 3.8) is 0 Å². The second-order valence-electron chi connectivity index (χ2n) is 12.1. The number of nitrogens with zero attached hydrogens (tertiary/aromatic N) is 2. The van der Waals surface area contributed by atoms with Crippen molar-refractivity contribution in [3.05, 3.63) is 76.9 Å². The van der Waals surface area contributed by atoms with E-state index in [1.807, 2.05) is 6.07 Å². The number of hydrogen-bond acceptors (Lipinski definition) is 6. The van der Waals surface area contributed by atoms with E-state index in [-0.39, 0.29) is 6.04 Å². The summed E-state index contributed by atoms with van der Waals surface area (Å²) in [5.41, 5.74) is 6.28. The van der Waals surface area contributed by atoms with E-state index in [2.05, 4.69) is 73.0 Å². The van der Waals surface area contributed by atoms with E-state index in [1.165, 1.54) is 53.9 Å². The standard InChI is InChI=1S/C36H48N2O4/c1-6-38(26(3)27-10-13-32(14-11-27)42-20-19-37-17-15-25(2)16-18-37)34-24-36(41-5)35(40-4)23-33(34)30-8-7-29-22-31(39)12-9-28(29)21-30/h9-14,22-26,30,39H,6-8,15-21H2,1-5H3/t26?,30-/m1/s1. The van der Waals surface area contributed by atoms with Gasteiger partial charge in [0.15, 0.2) is 11.5 Å². The van der Waals surface area contributed by atoms with Crippen LogP contribution in [0.2, 0.25) is 0 Å². The number of piperidine rings is 1. The van der Waals surface area contributed by atoms with Crippen molar-refractivity contribution in [3.8, 4) is 23.0 Å². The van der Waals surface area contributed by atoms with Gasteiger partial charge in [0.25, 0.3) is 0 Å². The molecule has 3 aromatic rings. The predicted molar refractivity (Wildman–Crippen MR) is 171 cm³/mol. The van der Waals surface area contributed by atoms with E-state index in [4.69, 9.17) is 14.2 Å². The van der Waals surface area contributed by atoms with E-state index >= 15 is 0 Å². The maximum atomic E-state index is 9.99. The summed E-state index contributed by atoms with van der Waals surface area (Å²) in [5.74, 6) is 3.98. The molecule has 0 saturated carbocycles. The van der Waals surface area contributed by atoms with Crippen molar-refractivity contribution in [1.29, 1.82) is 0 Å². The number of rotatable bonds is 11. The largest absolute Gasteiger partial charge is 0.508 e. The van der Waals surface area contributed by atoms with Gasteiger partial charge in [0.2, 0.25) is 0 Å². The molecule has 0 aromatic heterocycles. The third-order valence-electron chi connectivity index (χ3n) is 9.42. The van der Waals surface area contributed by atoms with Gasteiger partial charge in [-0.3, -0.25) is 4.90 Å². The molecule has 226 valence electrons. The van der Waals surface area contributed by atoms with Crippen molar-refractivity contribution in [2.24, 2.45) is 5.92 Å². The molecule has 1 heterocycles. The van der Waals surface area contributed by atoms with E-state index in [1.54, 1.807) is 20.3 Å². The number of ether oxygens (including phenoxy) is 3. The molecule has 2 aliphatic rings. The lowest BCUT2D eigenvalue weighted by Crippen LogP contribution is -2.35. The molecular weight excluding hydrogens is 524 g/mol. The summed E-state index contributed by atoms with van der Waals surface area (Å²) in [7, 11) is 3.41. The number of aromatic hydroxyl groups is 1. The Kier molecular flexibility index (Phi) is 9.84. The van der Waals surface area contributed by atoms with Crippen molar-refractivity contribution in [2.45, 2.75) is 64.8 Å². The van der Waals surface area contributed by atoms with Crippen LogP contribution in [0.5, 0.6) is 23.0 Å². The molecule has 0 spiro atoms. The average molecular weight is 573 g/mol. The normalized spacial score (nSPS) is 18.3. The zero-order chi connectivity index (χ0) is 29.6. The lowest BCUT2D eigenvalue weighted by molar-refractivity contribution is 0.160. The van der Waals surface area contributed by atoms with E-state index in [9.17, 15) is 5.11 Å². The first-order chi connectivity index (χ1) is 20.4. The summed E-state index contributed by atoms with van der Waals surface area (Å²) in [5, 5.41) is 9.99. The number of phenolic OH excluding ortho intramolecular Hbond substituents is 1. The smallest absolute Gasteiger partial charge is 0.162 e. The molecule has 3 aromatic carbocycles. The van der Waals surface area contributed by atoms with Gasteiger partial charge in [0, 0.05) is 24.8 Å². The highest BCUT2D eigenvalue weighted by Gasteiger charge is 2.28. The molecule has 1 saturated heterocycles. The summed E-state index contributed by atoms with van der Waals surface area (Å²) in [6.45, 7) is 11.8. The summed E-state index contributed by atoms with van der Waals surface area (Å²) in [6, 6.07) is 18.9. The van der Waals surface area contributed by atoms with Crippen LogP contribution in [-0.2, 0) is 12.8 Å². The number of phenols is 1. The first kappa shape index (κ1) is 30.1. The lowest BCUT2D eigenvalue weighted by Gasteiger charge is -2.36. The SMILES string of the molecule is CCN(c1cc(OC)c(OC)cc1[C@@H]1CCc2cc(O)ccc2C1)C(C)c1ccc(OCCN2CCC(C)CC2)cc1. The first-order valence-electron chi connectivity index (χ1n) is 15.7. The minimum Gasteiger partial charge on any atom is -0.508 e. The van der Waals surface area contributed by atoms with Gasteiger partial charge in [-0.2, -0.15) is 0 Å². The van der Waals surface area contributed by atoms with Gasteiger partial charge < -0.3 is 24.2 Å². The molecule has 1 N–H and O–H groups in total. The molecule has 0 bridgehead atoms. The monoisotopic (exact) mass is 572 g/mol. The number of methoxy groups -OCH3 is 2. The number of hydrogen-bond donors (Lipinski definition) is 1. The molecule has 1 fully saturated rings. The summed E-state index contributed by atoms with van der Waals surface area (Å²) in [4.78, 5) is 4.99. The van der Waals surface area contributed by atoms with Gasteiger partial charge in [-0.1, -0.05) is 25.1 Å². The Hall–Kier alpha value is -3.38. The Morgan fingerprint density at radius 2 is 1.64 bits per heavy atom. The lowest BCUT2D eigenvalue weighted by atomic mass is 9.79. The second kappa shape index (κ2) is 13.7. The molecule has 6 heteroatoms. The molecule has 1 aliphatic carbocycles. The van der Waals surface area contributed by atoms with Crippen molar-refractivity contribution in [2.75, 3.05) is 51.9 Å². The third kappa shape index (κ3) is 6.81. The van der Waals surface area contributed by atoms with Crippen molar-refractivity contribution < 1.29 is 19.3 Å². The van der Waals surface area contributed by atoms with Crippen LogP contribution >= 0.6 is 0 Å². The molecule has 1 aliphatic heterocycles. The molecule has 0 amide bonds. The van der Waals surface area contributed by atoms with Gasteiger partial charge in [0.05, 0.1) is 20.3 Å². The van der Waals surface area contributed by atoms with Gasteiger partial charge in [0.1, 0.15) is 18.1 Å². The van der Waals surface area contributed by atoms with Crippen LogP contribution in [-0.4, -0.2) is 57.0 Å². The zero-order valence-corrected chi connectivity index (χ0v) is 26.1. The second-order valence-corrected chi connectivity index (χ2v) is 12.1. The predicted octanol–water partition coefficient (Wildman–Crippen LogP) is 7.38. The molecular formula is C36H48N2O4. The summed E-state index contributed by atoms with van der Waals surface area (Å²) >= 11 is 0. The maximum absolute atomic E-state index is 9.99. The first-order valence-corrected chi connectivity index (χ1v) is 15.7. The van der Waals surface area contributed by atoms with Gasteiger partial charge in [-0.05, 0) is 123 Å². The number of fused-ring (bicyclic) bond motifs is 1. The molecule has 42 heavy (non-hydrogen) atoms. The number of benzene rings is 3. The summed E-state index contributed by atoms with van der Waals surface area (Å²) in [6.07, 6.45) is 5.49. The highest BCUT2D eigenvalue weighted by Crippen LogP contribution is 2.45. The average Bonchev–Trinajstić information content (AvgIpc) is 3.02. The van der Waals surface area contributed by atoms with Crippen LogP contribution in [0.15, 0.2) is 54.6 Å². The van der Waals surface area contributed by atoms with Crippen LogP contribution in [0.1, 0.15) is 74.2 Å². The Bertz CT molecular complexity index is 1320. The van der Waals surface area contributed by atoms with Gasteiger partial charge in [-0.25, -0.2) is 0 Å². The van der Waals surface area contributed by atoms with E-state index in [0.717, 1.165) is 62.1 Å². The fourth-order valence-electron chi connectivity index (χ4n) is 6.72. The van der Waals surface area contributed by atoms with Crippen LogP contribution in [0.4, 0.5) is 5.69 Å². The van der Waals surface area contributed by atoms with Crippen LogP contribution in [0.25, 0.3) is 0 Å². The van der Waals surface area contributed by atoms with Crippen molar-refractivity contribution in [1.82, 2.24) is 4.90 Å². The van der Waals surface area contributed by atoms with Gasteiger partial charge in [-0.15, -0.1) is 0 Å². The topological polar surface area (TPSA) is 54.4 Å². The molecule has 0 radical (unpaired) electrons. The molecule has 5 rings (SSSR count). The molecule has 1 unspecified atom stereocenters. The molecule has 6 nitrogen and oxygen atoms in total. The number of anilines is 1. The van der Waals surface area contributed by atoms with Crippen LogP contribution in [0.3, 0.4) is 0 Å². The Balaban J connectivity index is 1.34. The Morgan fingerprint density at radius 3 is 2.33 bits per heavy atom. The highest BCUT2D eigenvalue weighted by molar-refractivity contribution is 5.65. The van der Waals surface area contributed by atoms with Gasteiger partial charge >= 0.3 is 0 Å². The Labute approximate surface area is 252 Å². The van der Waals surface area contributed by atoms with E-state index < -0.39 is 0 Å². The van der Waals surface area contributed by atoms with Crippen LogP contribution in [0, 0.1) is 5.92 Å². The van der Waals surface area contributed by atoms with E-state index in [0.29, 0.717) is 11.7 Å². The minimum atomic E-state index is 0.157. The zero-order valence-electron chi connectivity index (χ0n) is 26.1. The number of aryl methyl sites for hydroxylation is 1. The fraction of sp³-hybridized carbons (Fsp3) is 0.500. The fourth-order valence-corrected chi connectivity index (χ4v) is 6.72. The number of likely N-dealkylation sites (tertiary alicyclic amines) is 1. The Morgan fingerprint density at radius 1 is 0.929 bits per heavy atom. The highest BCUT2D eigenvalue weighted by atomic mass is 16.5.